The molecule has 3 aliphatic rings. The smallest absolute Gasteiger partial charge is 0.264 e. The molecule has 2 N–H and O–H groups in total. The summed E-state index contributed by atoms with van der Waals surface area (Å²) in [5.74, 6) is 0.605. The number of hydrogen-bond donors (Lipinski definition) is 2. The lowest BCUT2D eigenvalue weighted by molar-refractivity contribution is -0.121. The fourth-order valence-electron chi connectivity index (χ4n) is 5.54. The molecule has 5 heteroatoms. The molecule has 1 saturated heterocycles. The fraction of sp³-hybridized carbons (Fsp3) is 0.440. The van der Waals surface area contributed by atoms with E-state index in [9.17, 15) is 4.79 Å². The molecule has 2 aromatic carbocycles. The van der Waals surface area contributed by atoms with Gasteiger partial charge in [0.25, 0.3) is 5.91 Å². The molecule has 1 unspecified atom stereocenters. The molecule has 2 fully saturated rings. The summed E-state index contributed by atoms with van der Waals surface area (Å²) in [6.07, 6.45) is 4.63. The molecule has 1 aliphatic carbocycles. The van der Waals surface area contributed by atoms with Crippen molar-refractivity contribution >= 4 is 17.3 Å². The van der Waals surface area contributed by atoms with Crippen LogP contribution >= 0.6 is 0 Å². The standard InChI is InChI=1S/C25H30N4O/c1-29(17-18-15-25(16-18)11-13-26-14-12-25)23-24(30)27-21-10-6-5-9-20(21)22(28-23)19-7-3-2-4-8-19/h2-10,18,23,26H,11-17H2,1H3,(H,27,30). The molecule has 30 heavy (non-hydrogen) atoms. The van der Waals surface area contributed by atoms with Gasteiger partial charge in [-0.2, -0.15) is 0 Å². The maximum Gasteiger partial charge on any atom is 0.264 e. The second-order valence-corrected chi connectivity index (χ2v) is 9.22. The highest BCUT2D eigenvalue weighted by molar-refractivity contribution is 6.19. The van der Waals surface area contributed by atoms with Crippen LogP contribution in [0, 0.1) is 11.3 Å². The molecule has 156 valence electrons. The number of aliphatic imine (C=N–C) groups is 1. The van der Waals surface area contributed by atoms with E-state index in [1.165, 1.54) is 25.7 Å². The normalized spacial score (nSPS) is 23.3. The van der Waals surface area contributed by atoms with Crippen LogP contribution in [0.15, 0.2) is 59.6 Å². The quantitative estimate of drug-likeness (QED) is 0.823. The van der Waals surface area contributed by atoms with E-state index in [1.54, 1.807) is 0 Å². The minimum atomic E-state index is -0.517. The zero-order chi connectivity index (χ0) is 20.6. The number of amides is 1. The van der Waals surface area contributed by atoms with E-state index in [-0.39, 0.29) is 5.91 Å². The average Bonchev–Trinajstić information content (AvgIpc) is 2.90. The summed E-state index contributed by atoms with van der Waals surface area (Å²) in [5, 5.41) is 6.59. The topological polar surface area (TPSA) is 56.7 Å². The van der Waals surface area contributed by atoms with E-state index in [0.29, 0.717) is 11.3 Å². The van der Waals surface area contributed by atoms with Crippen molar-refractivity contribution in [3.05, 3.63) is 65.7 Å². The van der Waals surface area contributed by atoms with Gasteiger partial charge in [0, 0.05) is 17.7 Å². The van der Waals surface area contributed by atoms with Crippen LogP contribution in [0.25, 0.3) is 0 Å². The summed E-state index contributed by atoms with van der Waals surface area (Å²) < 4.78 is 0. The Morgan fingerprint density at radius 3 is 2.50 bits per heavy atom. The molecule has 5 rings (SSSR count). The number of benzodiazepines with no additional fused rings is 1. The average molecular weight is 403 g/mol. The lowest BCUT2D eigenvalue weighted by Crippen LogP contribution is -2.50. The summed E-state index contributed by atoms with van der Waals surface area (Å²) in [7, 11) is 2.04. The van der Waals surface area contributed by atoms with E-state index in [4.69, 9.17) is 4.99 Å². The van der Waals surface area contributed by atoms with E-state index in [0.717, 1.165) is 42.2 Å². The van der Waals surface area contributed by atoms with Gasteiger partial charge < -0.3 is 10.6 Å². The summed E-state index contributed by atoms with van der Waals surface area (Å²) >= 11 is 0. The number of hydrogen-bond acceptors (Lipinski definition) is 4. The maximum absolute atomic E-state index is 13.1. The first kappa shape index (κ1) is 19.5. The Bertz CT molecular complexity index is 941. The maximum atomic E-state index is 13.1. The van der Waals surface area contributed by atoms with Gasteiger partial charge in [0.2, 0.25) is 0 Å². The molecule has 1 saturated carbocycles. The minimum Gasteiger partial charge on any atom is -0.322 e. The van der Waals surface area contributed by atoms with Gasteiger partial charge in [-0.15, -0.1) is 0 Å². The highest BCUT2D eigenvalue weighted by atomic mass is 16.2. The van der Waals surface area contributed by atoms with Crippen LogP contribution in [-0.4, -0.2) is 49.4 Å². The van der Waals surface area contributed by atoms with E-state index in [1.807, 2.05) is 49.5 Å². The van der Waals surface area contributed by atoms with Gasteiger partial charge in [0.1, 0.15) is 0 Å². The second-order valence-electron chi connectivity index (χ2n) is 9.22. The van der Waals surface area contributed by atoms with Gasteiger partial charge in [-0.3, -0.25) is 14.7 Å². The van der Waals surface area contributed by atoms with Crippen molar-refractivity contribution < 1.29 is 4.79 Å². The number of benzene rings is 2. The molecule has 1 atom stereocenters. The molecule has 1 spiro atoms. The first-order valence-corrected chi connectivity index (χ1v) is 11.1. The molecule has 0 aromatic heterocycles. The Morgan fingerprint density at radius 1 is 1.03 bits per heavy atom. The molecule has 2 aromatic rings. The Kier molecular flexibility index (Phi) is 5.17. The molecular formula is C25H30N4O. The highest BCUT2D eigenvalue weighted by Crippen LogP contribution is 2.51. The molecular weight excluding hydrogens is 372 g/mol. The summed E-state index contributed by atoms with van der Waals surface area (Å²) in [6.45, 7) is 3.21. The molecule has 0 bridgehead atoms. The van der Waals surface area contributed by atoms with Crippen molar-refractivity contribution in [2.24, 2.45) is 16.3 Å². The van der Waals surface area contributed by atoms with E-state index < -0.39 is 6.17 Å². The van der Waals surface area contributed by atoms with Crippen molar-refractivity contribution in [3.8, 4) is 0 Å². The van der Waals surface area contributed by atoms with Crippen LogP contribution in [0.5, 0.6) is 0 Å². The first-order chi connectivity index (χ1) is 14.6. The third-order valence-corrected chi connectivity index (χ3v) is 7.04. The minimum absolute atomic E-state index is 0.0493. The van der Waals surface area contributed by atoms with Gasteiger partial charge in [-0.1, -0.05) is 48.5 Å². The van der Waals surface area contributed by atoms with Gasteiger partial charge in [-0.05, 0) is 63.2 Å². The predicted octanol–water partition coefficient (Wildman–Crippen LogP) is 3.51. The number of nitrogens with zero attached hydrogens (tertiary/aromatic N) is 2. The number of piperidine rings is 1. The zero-order valence-electron chi connectivity index (χ0n) is 17.6. The van der Waals surface area contributed by atoms with Crippen LogP contribution in [0.1, 0.15) is 36.8 Å². The summed E-state index contributed by atoms with van der Waals surface area (Å²) in [4.78, 5) is 20.3. The largest absolute Gasteiger partial charge is 0.322 e. The van der Waals surface area contributed by atoms with Crippen molar-refractivity contribution in [2.45, 2.75) is 31.8 Å². The van der Waals surface area contributed by atoms with Crippen LogP contribution < -0.4 is 10.6 Å². The Labute approximate surface area is 178 Å². The van der Waals surface area contributed by atoms with Gasteiger partial charge in [0.05, 0.1) is 11.4 Å². The zero-order valence-corrected chi connectivity index (χ0v) is 17.6. The van der Waals surface area contributed by atoms with Crippen molar-refractivity contribution in [1.29, 1.82) is 0 Å². The first-order valence-electron chi connectivity index (χ1n) is 11.1. The van der Waals surface area contributed by atoms with Crippen molar-refractivity contribution in [2.75, 3.05) is 32.0 Å². The number of nitrogens with one attached hydrogen (secondary N) is 2. The van der Waals surface area contributed by atoms with Crippen molar-refractivity contribution in [3.63, 3.8) is 0 Å². The monoisotopic (exact) mass is 402 g/mol. The van der Waals surface area contributed by atoms with Crippen LogP contribution in [0.2, 0.25) is 0 Å². The number of para-hydroxylation sites is 1. The number of carbonyl (C=O) groups is 1. The number of rotatable bonds is 4. The fourth-order valence-corrected chi connectivity index (χ4v) is 5.54. The molecule has 5 nitrogen and oxygen atoms in total. The Hall–Kier alpha value is -2.50. The van der Waals surface area contributed by atoms with Crippen molar-refractivity contribution in [1.82, 2.24) is 10.2 Å². The van der Waals surface area contributed by atoms with Gasteiger partial charge in [-0.25, -0.2) is 0 Å². The number of likely N-dealkylation sites (N-methyl/N-ethyl adjacent to an activating group) is 1. The second kappa shape index (κ2) is 7.97. The van der Waals surface area contributed by atoms with E-state index in [2.05, 4.69) is 27.7 Å². The van der Waals surface area contributed by atoms with Crippen LogP contribution in [0.4, 0.5) is 5.69 Å². The predicted molar refractivity (Wildman–Crippen MR) is 121 cm³/mol. The molecule has 0 radical (unpaired) electrons. The molecule has 1 amide bonds. The number of carbonyl (C=O) groups excluding carboxylic acids is 1. The SMILES string of the molecule is CN(CC1CC2(CCNCC2)C1)C1N=C(c2ccccc2)c2ccccc2NC1=O. The Morgan fingerprint density at radius 2 is 1.73 bits per heavy atom. The summed E-state index contributed by atoms with van der Waals surface area (Å²) in [5.41, 5.74) is 4.28. The molecule has 2 heterocycles. The molecule has 2 aliphatic heterocycles. The number of anilines is 1. The van der Waals surface area contributed by atoms with E-state index >= 15 is 0 Å². The summed E-state index contributed by atoms with van der Waals surface area (Å²) in [6, 6.07) is 18.1. The van der Waals surface area contributed by atoms with Gasteiger partial charge >= 0.3 is 0 Å². The lowest BCUT2D eigenvalue weighted by Gasteiger charge is -2.51. The third-order valence-electron chi connectivity index (χ3n) is 7.04. The van der Waals surface area contributed by atoms with Gasteiger partial charge in [0.15, 0.2) is 6.17 Å². The lowest BCUT2D eigenvalue weighted by atomic mass is 9.57. The van der Waals surface area contributed by atoms with Crippen LogP contribution in [0.3, 0.4) is 0 Å². The Balaban J connectivity index is 1.38. The third kappa shape index (κ3) is 3.68. The number of fused-ring (bicyclic) bond motifs is 1. The van der Waals surface area contributed by atoms with Crippen LogP contribution in [-0.2, 0) is 4.79 Å². The highest BCUT2D eigenvalue weighted by Gasteiger charge is 2.45.